The second-order valence-electron chi connectivity index (χ2n) is 6.22. The molecule has 1 aliphatic carbocycles. The molecule has 1 aromatic carbocycles. The number of amides is 1. The Hall–Kier alpha value is -1.75. The average Bonchev–Trinajstić information content (AvgIpc) is 3.00. The second kappa shape index (κ2) is 6.57. The number of carbonyl (C=O) groups is 1. The van der Waals surface area contributed by atoms with Crippen LogP contribution in [0, 0.1) is 5.92 Å². The fourth-order valence-corrected chi connectivity index (χ4v) is 3.52. The highest BCUT2D eigenvalue weighted by molar-refractivity contribution is 5.80. The monoisotopic (exact) mass is 303 g/mol. The zero-order chi connectivity index (χ0) is 15.5. The Morgan fingerprint density at radius 1 is 1.23 bits per heavy atom. The predicted molar refractivity (Wildman–Crippen MR) is 87.1 cm³/mol. The minimum atomic E-state index is 0.0448. The molecule has 2 atom stereocenters. The van der Waals surface area contributed by atoms with Gasteiger partial charge in [-0.1, -0.05) is 12.5 Å². The van der Waals surface area contributed by atoms with Crippen LogP contribution >= 0.6 is 0 Å². The lowest BCUT2D eigenvalue weighted by Crippen LogP contribution is -2.52. The number of ether oxygens (including phenoxy) is 1. The van der Waals surface area contributed by atoms with Gasteiger partial charge in [-0.2, -0.15) is 0 Å². The smallest absolute Gasteiger partial charge is 0.227 e. The van der Waals surface area contributed by atoms with Gasteiger partial charge in [0.25, 0.3) is 0 Å². The van der Waals surface area contributed by atoms with Gasteiger partial charge in [0.2, 0.25) is 5.91 Å². The number of nitrogens with zero attached hydrogens (tertiary/aromatic N) is 2. The Kier molecular flexibility index (Phi) is 4.52. The first-order chi connectivity index (χ1) is 10.7. The minimum absolute atomic E-state index is 0.0448. The predicted octanol–water partition coefficient (Wildman–Crippen LogP) is 1.47. The third-order valence-corrected chi connectivity index (χ3v) is 4.90. The number of carbonyl (C=O) groups excluding carboxylic acids is 1. The number of rotatable bonds is 3. The maximum Gasteiger partial charge on any atom is 0.227 e. The van der Waals surface area contributed by atoms with Gasteiger partial charge in [-0.15, -0.1) is 0 Å². The first-order valence-corrected chi connectivity index (χ1v) is 8.12. The molecular formula is C17H25N3O2. The van der Waals surface area contributed by atoms with Crippen LogP contribution in [0.3, 0.4) is 0 Å². The lowest BCUT2D eigenvalue weighted by Gasteiger charge is -2.37. The van der Waals surface area contributed by atoms with Gasteiger partial charge >= 0.3 is 0 Å². The summed E-state index contributed by atoms with van der Waals surface area (Å²) in [7, 11) is 1.68. The largest absolute Gasteiger partial charge is 0.497 e. The fraction of sp³-hybridized carbons (Fsp3) is 0.588. The molecule has 0 bridgehead atoms. The van der Waals surface area contributed by atoms with Crippen molar-refractivity contribution in [1.29, 1.82) is 0 Å². The average molecular weight is 303 g/mol. The molecule has 3 rings (SSSR count). The SMILES string of the molecule is COc1cccc(N2CCN(C(=O)[C@@H]3CCC[C@H]3N)CC2)c1. The number of methoxy groups -OCH3 is 1. The van der Waals surface area contributed by atoms with E-state index >= 15 is 0 Å². The van der Waals surface area contributed by atoms with Gasteiger partial charge in [0.05, 0.1) is 13.0 Å². The van der Waals surface area contributed by atoms with Crippen LogP contribution in [-0.2, 0) is 4.79 Å². The van der Waals surface area contributed by atoms with Gasteiger partial charge in [0, 0.05) is 44.0 Å². The molecule has 1 heterocycles. The summed E-state index contributed by atoms with van der Waals surface area (Å²) in [6, 6.07) is 8.15. The number of benzene rings is 1. The molecule has 1 aromatic rings. The van der Waals surface area contributed by atoms with E-state index in [1.807, 2.05) is 23.1 Å². The van der Waals surface area contributed by atoms with E-state index < -0.39 is 0 Å². The van der Waals surface area contributed by atoms with Gasteiger partial charge in [-0.05, 0) is 25.0 Å². The molecule has 2 fully saturated rings. The van der Waals surface area contributed by atoms with E-state index in [-0.39, 0.29) is 17.9 Å². The summed E-state index contributed by atoms with van der Waals surface area (Å²) in [4.78, 5) is 16.9. The molecule has 2 N–H and O–H groups in total. The van der Waals surface area contributed by atoms with E-state index in [2.05, 4.69) is 11.0 Å². The Balaban J connectivity index is 1.59. The Labute approximate surface area is 132 Å². The summed E-state index contributed by atoms with van der Waals surface area (Å²) in [5.74, 6) is 1.17. The zero-order valence-electron chi connectivity index (χ0n) is 13.2. The van der Waals surface area contributed by atoms with Crippen molar-refractivity contribution < 1.29 is 9.53 Å². The summed E-state index contributed by atoms with van der Waals surface area (Å²) in [6.45, 7) is 3.28. The maximum atomic E-state index is 12.6. The van der Waals surface area contributed by atoms with Crippen LogP contribution in [0.1, 0.15) is 19.3 Å². The number of nitrogens with two attached hydrogens (primary N) is 1. The molecule has 1 amide bonds. The van der Waals surface area contributed by atoms with Gasteiger partial charge in [0.1, 0.15) is 5.75 Å². The standard InChI is InChI=1S/C17H25N3O2/c1-22-14-5-2-4-13(12-14)19-8-10-20(11-9-19)17(21)15-6-3-7-16(15)18/h2,4-5,12,15-16H,3,6-11,18H2,1H3/t15-,16-/m1/s1. The lowest BCUT2D eigenvalue weighted by atomic mass is 10.0. The molecule has 2 aliphatic rings. The molecule has 1 aliphatic heterocycles. The van der Waals surface area contributed by atoms with Crippen LogP contribution in [0.2, 0.25) is 0 Å². The van der Waals surface area contributed by atoms with Crippen LogP contribution in [0.25, 0.3) is 0 Å². The van der Waals surface area contributed by atoms with Gasteiger partial charge in [-0.3, -0.25) is 4.79 Å². The van der Waals surface area contributed by atoms with Crippen LogP contribution in [0.4, 0.5) is 5.69 Å². The quantitative estimate of drug-likeness (QED) is 0.919. The summed E-state index contributed by atoms with van der Waals surface area (Å²) in [5, 5.41) is 0. The molecule has 5 heteroatoms. The van der Waals surface area contributed by atoms with Crippen molar-refractivity contribution in [1.82, 2.24) is 4.90 Å². The zero-order valence-corrected chi connectivity index (χ0v) is 13.2. The number of hydrogen-bond acceptors (Lipinski definition) is 4. The Morgan fingerprint density at radius 2 is 2.00 bits per heavy atom. The van der Waals surface area contributed by atoms with E-state index in [9.17, 15) is 4.79 Å². The van der Waals surface area contributed by atoms with E-state index in [0.29, 0.717) is 0 Å². The topological polar surface area (TPSA) is 58.8 Å². The Bertz CT molecular complexity index is 526. The number of hydrogen-bond donors (Lipinski definition) is 1. The maximum absolute atomic E-state index is 12.6. The van der Waals surface area contributed by atoms with Gasteiger partial charge in [0.15, 0.2) is 0 Å². The molecule has 0 unspecified atom stereocenters. The van der Waals surface area contributed by atoms with Crippen LogP contribution in [-0.4, -0.2) is 50.1 Å². The first-order valence-electron chi connectivity index (χ1n) is 8.12. The van der Waals surface area contributed by atoms with E-state index in [1.54, 1.807) is 7.11 Å². The molecule has 0 spiro atoms. The van der Waals surface area contributed by atoms with Crippen molar-refractivity contribution >= 4 is 11.6 Å². The minimum Gasteiger partial charge on any atom is -0.497 e. The fourth-order valence-electron chi connectivity index (χ4n) is 3.52. The molecule has 120 valence electrons. The summed E-state index contributed by atoms with van der Waals surface area (Å²) < 4.78 is 5.28. The van der Waals surface area contributed by atoms with Crippen molar-refractivity contribution in [2.75, 3.05) is 38.2 Å². The normalized spacial score (nSPS) is 25.4. The third-order valence-electron chi connectivity index (χ3n) is 4.90. The molecule has 22 heavy (non-hydrogen) atoms. The van der Waals surface area contributed by atoms with Gasteiger partial charge < -0.3 is 20.3 Å². The summed E-state index contributed by atoms with van der Waals surface area (Å²) in [6.07, 6.45) is 3.03. The molecule has 1 saturated heterocycles. The van der Waals surface area contributed by atoms with Crippen LogP contribution < -0.4 is 15.4 Å². The van der Waals surface area contributed by atoms with Crippen molar-refractivity contribution in [2.45, 2.75) is 25.3 Å². The molecular weight excluding hydrogens is 278 g/mol. The molecule has 0 aromatic heterocycles. The summed E-state index contributed by atoms with van der Waals surface area (Å²) in [5.41, 5.74) is 7.22. The van der Waals surface area contributed by atoms with Crippen molar-refractivity contribution in [3.8, 4) is 5.75 Å². The van der Waals surface area contributed by atoms with E-state index in [4.69, 9.17) is 10.5 Å². The highest BCUT2D eigenvalue weighted by Crippen LogP contribution is 2.27. The van der Waals surface area contributed by atoms with Crippen molar-refractivity contribution in [3.63, 3.8) is 0 Å². The van der Waals surface area contributed by atoms with Crippen molar-refractivity contribution in [2.24, 2.45) is 11.7 Å². The van der Waals surface area contributed by atoms with E-state index in [1.165, 1.54) is 0 Å². The molecule has 0 radical (unpaired) electrons. The third kappa shape index (κ3) is 3.04. The van der Waals surface area contributed by atoms with Crippen LogP contribution in [0.15, 0.2) is 24.3 Å². The summed E-state index contributed by atoms with van der Waals surface area (Å²) >= 11 is 0. The first kappa shape index (κ1) is 15.2. The van der Waals surface area contributed by atoms with Gasteiger partial charge in [-0.25, -0.2) is 0 Å². The van der Waals surface area contributed by atoms with Crippen LogP contribution in [0.5, 0.6) is 5.75 Å². The second-order valence-corrected chi connectivity index (χ2v) is 6.22. The molecule has 1 saturated carbocycles. The van der Waals surface area contributed by atoms with E-state index in [0.717, 1.165) is 56.9 Å². The Morgan fingerprint density at radius 3 is 2.64 bits per heavy atom. The number of anilines is 1. The molecule has 5 nitrogen and oxygen atoms in total. The van der Waals surface area contributed by atoms with Crippen molar-refractivity contribution in [3.05, 3.63) is 24.3 Å². The number of piperazine rings is 1. The lowest BCUT2D eigenvalue weighted by molar-refractivity contribution is -0.136. The highest BCUT2D eigenvalue weighted by atomic mass is 16.5. The highest BCUT2D eigenvalue weighted by Gasteiger charge is 2.34.